The number of nitrogens with zero attached hydrogens (tertiary/aromatic N) is 2. The zero-order valence-electron chi connectivity index (χ0n) is 10.7. The molecule has 0 bridgehead atoms. The fourth-order valence-electron chi connectivity index (χ4n) is 2.12. The second-order valence-electron chi connectivity index (χ2n) is 4.44. The normalized spacial score (nSPS) is 12.9. The third kappa shape index (κ3) is 3.58. The van der Waals surface area contributed by atoms with E-state index in [0.717, 1.165) is 0 Å². The van der Waals surface area contributed by atoms with Crippen LogP contribution in [0.5, 0.6) is 11.5 Å². The van der Waals surface area contributed by atoms with Gasteiger partial charge in [0.05, 0.1) is 21.7 Å². The number of aromatic nitrogens is 1. The number of phenols is 1. The van der Waals surface area contributed by atoms with Crippen molar-refractivity contribution in [1.29, 1.82) is 0 Å². The van der Waals surface area contributed by atoms with Gasteiger partial charge < -0.3 is 14.7 Å². The molecule has 1 aromatic heterocycles. The predicted molar refractivity (Wildman–Crippen MR) is 92.1 cm³/mol. The van der Waals surface area contributed by atoms with E-state index >= 15 is 0 Å². The Morgan fingerprint density at radius 2 is 2.00 bits per heavy atom. The van der Waals surface area contributed by atoms with Crippen LogP contribution >= 0.6 is 31.9 Å². The molecular formula is C14H11Br2KN2O3. The molecule has 22 heavy (non-hydrogen) atoms. The van der Waals surface area contributed by atoms with Gasteiger partial charge in [0.1, 0.15) is 23.8 Å². The number of phenolic OH excluding ortho intramolecular Hbond substituents is 1. The Labute approximate surface area is 186 Å². The van der Waals surface area contributed by atoms with Crippen LogP contribution < -0.4 is 9.64 Å². The van der Waals surface area contributed by atoms with Crippen LogP contribution in [0.3, 0.4) is 0 Å². The summed E-state index contributed by atoms with van der Waals surface area (Å²) in [6, 6.07) is 4.92. The van der Waals surface area contributed by atoms with Gasteiger partial charge in [0.25, 0.3) is 5.91 Å². The maximum absolute atomic E-state index is 12.7. The first-order valence-corrected chi connectivity index (χ1v) is 7.73. The van der Waals surface area contributed by atoms with E-state index in [2.05, 4.69) is 36.8 Å². The van der Waals surface area contributed by atoms with Crippen LogP contribution in [0.4, 0.5) is 5.69 Å². The number of ether oxygens (including phenoxy) is 1. The average molecular weight is 454 g/mol. The van der Waals surface area contributed by atoms with Gasteiger partial charge >= 0.3 is 51.4 Å². The van der Waals surface area contributed by atoms with Crippen molar-refractivity contribution in [1.82, 2.24) is 4.98 Å². The minimum atomic E-state index is -0.172. The van der Waals surface area contributed by atoms with Gasteiger partial charge in [-0.1, -0.05) is 0 Å². The molecule has 0 saturated heterocycles. The fourth-order valence-corrected chi connectivity index (χ4v) is 3.31. The molecular weight excluding hydrogens is 443 g/mol. The van der Waals surface area contributed by atoms with Crippen LogP contribution in [-0.4, -0.2) is 80.5 Å². The Morgan fingerprint density at radius 1 is 1.32 bits per heavy atom. The second kappa shape index (κ2) is 7.74. The summed E-state index contributed by atoms with van der Waals surface area (Å²) < 4.78 is 6.43. The van der Waals surface area contributed by atoms with Gasteiger partial charge in [-0.3, -0.25) is 9.78 Å². The van der Waals surface area contributed by atoms with Gasteiger partial charge in [-0.15, -0.1) is 0 Å². The monoisotopic (exact) mass is 452 g/mol. The summed E-state index contributed by atoms with van der Waals surface area (Å²) in [5, 5.41) is 9.73. The Balaban J connectivity index is 0.00000176. The van der Waals surface area contributed by atoms with E-state index in [1.807, 2.05) is 0 Å². The first-order valence-electron chi connectivity index (χ1n) is 6.14. The molecule has 0 saturated carbocycles. The van der Waals surface area contributed by atoms with Gasteiger partial charge in [0.2, 0.25) is 0 Å². The molecule has 0 unspecified atom stereocenters. The standard InChI is InChI=1S/C14H10Br2N2O3.K.H/c15-9-5-8(6-10(16)13(9)19)14(20)18-3-4-21-12-1-2-17-7-11(12)18;;/h1-2,5-7,19H,3-4H2;;. The number of benzene rings is 1. The Bertz CT molecular complexity index is 704. The van der Waals surface area contributed by atoms with E-state index in [4.69, 9.17) is 4.74 Å². The molecule has 2 aromatic rings. The number of pyridine rings is 1. The number of fused-ring (bicyclic) bond motifs is 1. The summed E-state index contributed by atoms with van der Waals surface area (Å²) in [7, 11) is 0. The van der Waals surface area contributed by atoms with Crippen molar-refractivity contribution in [3.05, 3.63) is 45.1 Å². The van der Waals surface area contributed by atoms with Crippen LogP contribution in [0.25, 0.3) is 0 Å². The summed E-state index contributed by atoms with van der Waals surface area (Å²) in [5.41, 5.74) is 1.11. The number of halogens is 2. The molecule has 110 valence electrons. The summed E-state index contributed by atoms with van der Waals surface area (Å²) in [6.07, 6.45) is 3.23. The van der Waals surface area contributed by atoms with Crippen LogP contribution in [0.2, 0.25) is 0 Å². The molecule has 8 heteroatoms. The van der Waals surface area contributed by atoms with Crippen LogP contribution in [-0.2, 0) is 0 Å². The van der Waals surface area contributed by atoms with Crippen LogP contribution in [0, 0.1) is 0 Å². The first-order chi connectivity index (χ1) is 10.1. The molecule has 0 fully saturated rings. The summed E-state index contributed by atoms with van der Waals surface area (Å²) in [5.74, 6) is 0.533. The van der Waals surface area contributed by atoms with Crippen LogP contribution in [0.15, 0.2) is 39.5 Å². The van der Waals surface area contributed by atoms with Gasteiger partial charge in [-0.05, 0) is 44.0 Å². The Kier molecular flexibility index (Phi) is 6.46. The maximum atomic E-state index is 12.7. The van der Waals surface area contributed by atoms with Crippen molar-refractivity contribution >= 4 is 94.8 Å². The molecule has 0 spiro atoms. The molecule has 1 N–H and O–H groups in total. The SMILES string of the molecule is O=C(c1cc(Br)c(O)c(Br)c1)N1CCOc2ccncc21.[KH]. The summed E-state index contributed by atoms with van der Waals surface area (Å²) >= 11 is 6.47. The number of anilines is 1. The van der Waals surface area contributed by atoms with Crippen LogP contribution in [0.1, 0.15) is 10.4 Å². The third-order valence-electron chi connectivity index (χ3n) is 3.13. The van der Waals surface area contributed by atoms with Crippen molar-refractivity contribution in [2.24, 2.45) is 0 Å². The number of amides is 1. The first kappa shape index (κ1) is 18.4. The zero-order chi connectivity index (χ0) is 15.0. The number of hydrogen-bond acceptors (Lipinski definition) is 4. The van der Waals surface area contributed by atoms with E-state index in [9.17, 15) is 9.90 Å². The summed E-state index contributed by atoms with van der Waals surface area (Å²) in [6.45, 7) is 0.886. The van der Waals surface area contributed by atoms with E-state index in [1.54, 1.807) is 35.5 Å². The molecule has 5 nitrogen and oxygen atoms in total. The van der Waals surface area contributed by atoms with E-state index in [1.165, 1.54) is 0 Å². The number of carbonyl (C=O) groups excluding carboxylic acids is 1. The van der Waals surface area contributed by atoms with Gasteiger partial charge in [-0.25, -0.2) is 0 Å². The minimum absolute atomic E-state index is 0. The molecule has 2 heterocycles. The molecule has 3 rings (SSSR count). The summed E-state index contributed by atoms with van der Waals surface area (Å²) in [4.78, 5) is 18.4. The van der Waals surface area contributed by atoms with E-state index in [-0.39, 0.29) is 63.0 Å². The third-order valence-corrected chi connectivity index (χ3v) is 4.34. The number of carbonyl (C=O) groups is 1. The topological polar surface area (TPSA) is 62.7 Å². The molecule has 1 amide bonds. The van der Waals surface area contributed by atoms with Crippen molar-refractivity contribution in [3.63, 3.8) is 0 Å². The van der Waals surface area contributed by atoms with Gasteiger partial charge in [0.15, 0.2) is 0 Å². The Hall–Kier alpha value is 0.0364. The van der Waals surface area contributed by atoms with Crippen molar-refractivity contribution in [2.45, 2.75) is 0 Å². The quantitative estimate of drug-likeness (QED) is 0.674. The van der Waals surface area contributed by atoms with E-state index < -0.39 is 0 Å². The predicted octanol–water partition coefficient (Wildman–Crippen LogP) is 2.70. The number of hydrogen-bond donors (Lipinski definition) is 1. The number of aromatic hydroxyl groups is 1. The molecule has 1 aliphatic rings. The van der Waals surface area contributed by atoms with E-state index in [0.29, 0.717) is 39.1 Å². The van der Waals surface area contributed by atoms with Crippen molar-refractivity contribution in [3.8, 4) is 11.5 Å². The number of rotatable bonds is 1. The molecule has 0 aliphatic carbocycles. The molecule has 0 atom stereocenters. The fraction of sp³-hybridized carbons (Fsp3) is 0.143. The molecule has 0 radical (unpaired) electrons. The average Bonchev–Trinajstić information content (AvgIpc) is 2.51. The molecule has 1 aromatic carbocycles. The second-order valence-corrected chi connectivity index (χ2v) is 6.15. The van der Waals surface area contributed by atoms with Crippen molar-refractivity contribution < 1.29 is 14.6 Å². The van der Waals surface area contributed by atoms with Gasteiger partial charge in [-0.2, -0.15) is 0 Å². The Morgan fingerprint density at radius 3 is 2.68 bits per heavy atom. The van der Waals surface area contributed by atoms with Gasteiger partial charge in [0, 0.05) is 17.8 Å². The van der Waals surface area contributed by atoms with Crippen molar-refractivity contribution in [2.75, 3.05) is 18.1 Å². The molecule has 1 aliphatic heterocycles. The zero-order valence-corrected chi connectivity index (χ0v) is 13.9.